The number of aryl methyl sites for hydroxylation is 1. The molecule has 0 amide bonds. The highest BCUT2D eigenvalue weighted by Gasteiger charge is 2.23. The van der Waals surface area contributed by atoms with Gasteiger partial charge in [-0.1, -0.05) is 6.92 Å². The van der Waals surface area contributed by atoms with Gasteiger partial charge >= 0.3 is 0 Å². The largest absolute Gasteiger partial charge is 0.353 e. The van der Waals surface area contributed by atoms with Gasteiger partial charge in [-0.3, -0.25) is 0 Å². The molecule has 0 radical (unpaired) electrons. The summed E-state index contributed by atoms with van der Waals surface area (Å²) in [7, 11) is 0. The van der Waals surface area contributed by atoms with Gasteiger partial charge in [0.2, 0.25) is 5.95 Å². The molecule has 1 atom stereocenters. The van der Waals surface area contributed by atoms with Gasteiger partial charge < -0.3 is 9.88 Å². The lowest BCUT2D eigenvalue weighted by atomic mass is 10.2. The lowest BCUT2D eigenvalue weighted by Gasteiger charge is -2.13. The maximum Gasteiger partial charge on any atom is 0.203 e. The van der Waals surface area contributed by atoms with Crippen molar-refractivity contribution in [1.82, 2.24) is 9.55 Å². The van der Waals surface area contributed by atoms with Gasteiger partial charge in [0.15, 0.2) is 0 Å². The van der Waals surface area contributed by atoms with Crippen LogP contribution in [0.15, 0.2) is 6.20 Å². The Morgan fingerprint density at radius 1 is 1.62 bits per heavy atom. The van der Waals surface area contributed by atoms with Crippen molar-refractivity contribution in [3.8, 4) is 0 Å². The fourth-order valence-corrected chi connectivity index (χ4v) is 2.56. The van der Waals surface area contributed by atoms with Gasteiger partial charge in [-0.2, -0.15) is 11.8 Å². The fraction of sp³-hybridized carbons (Fsp3) is 0.750. The third-order valence-electron chi connectivity index (χ3n) is 2.77. The van der Waals surface area contributed by atoms with Crippen molar-refractivity contribution >= 4 is 17.7 Å². The number of thioether (sulfide) groups is 1. The number of anilines is 1. The maximum atomic E-state index is 4.55. The zero-order valence-electron chi connectivity index (χ0n) is 10.4. The minimum Gasteiger partial charge on any atom is -0.353 e. The van der Waals surface area contributed by atoms with E-state index >= 15 is 0 Å². The molecule has 3 nitrogen and oxygen atoms in total. The van der Waals surface area contributed by atoms with Crippen molar-refractivity contribution in [3.05, 3.63) is 11.9 Å². The zero-order valence-corrected chi connectivity index (χ0v) is 11.2. The van der Waals surface area contributed by atoms with E-state index in [0.717, 1.165) is 18.2 Å². The predicted octanol–water partition coefficient (Wildman–Crippen LogP) is 2.76. The van der Waals surface area contributed by atoms with Crippen LogP contribution >= 0.6 is 11.8 Å². The number of hydrogen-bond donors (Lipinski definition) is 1. The lowest BCUT2D eigenvalue weighted by molar-refractivity contribution is 0.534. The number of rotatable bonds is 6. The number of nitrogens with one attached hydrogen (secondary N) is 1. The highest BCUT2D eigenvalue weighted by molar-refractivity contribution is 7.98. The molecule has 0 aromatic carbocycles. The summed E-state index contributed by atoms with van der Waals surface area (Å²) >= 11 is 1.91. The van der Waals surface area contributed by atoms with Crippen molar-refractivity contribution in [2.24, 2.45) is 5.92 Å². The summed E-state index contributed by atoms with van der Waals surface area (Å²) in [5.41, 5.74) is 1.11. The van der Waals surface area contributed by atoms with Crippen molar-refractivity contribution in [1.29, 1.82) is 0 Å². The Morgan fingerprint density at radius 2 is 2.38 bits per heavy atom. The van der Waals surface area contributed by atoms with E-state index in [4.69, 9.17) is 0 Å². The van der Waals surface area contributed by atoms with Crippen LogP contribution in [0.4, 0.5) is 5.95 Å². The molecular weight excluding hydrogens is 218 g/mol. The van der Waals surface area contributed by atoms with Crippen LogP contribution in [0, 0.1) is 12.8 Å². The second-order valence-electron chi connectivity index (χ2n) is 4.84. The molecular formula is C12H21N3S. The van der Waals surface area contributed by atoms with E-state index in [1.54, 1.807) is 0 Å². The molecule has 1 aromatic heterocycles. The van der Waals surface area contributed by atoms with Gasteiger partial charge in [-0.15, -0.1) is 0 Å². The molecule has 1 unspecified atom stereocenters. The van der Waals surface area contributed by atoms with Gasteiger partial charge in [-0.05, 0) is 37.7 Å². The Morgan fingerprint density at radius 3 is 3.00 bits per heavy atom. The summed E-state index contributed by atoms with van der Waals surface area (Å²) in [5.74, 6) is 2.97. The van der Waals surface area contributed by atoms with Crippen LogP contribution in [-0.2, 0) is 6.54 Å². The standard InChI is InChI=1S/C12H21N3S/c1-9(8-16-3)6-15-7-10(2)13-12(15)14-11-4-5-11/h7,9,11H,4-6,8H2,1-3H3,(H,13,14). The second kappa shape index (κ2) is 5.13. The van der Waals surface area contributed by atoms with E-state index in [-0.39, 0.29) is 0 Å². The van der Waals surface area contributed by atoms with Gasteiger partial charge in [0.1, 0.15) is 0 Å². The molecule has 2 rings (SSSR count). The minimum absolute atomic E-state index is 0.677. The van der Waals surface area contributed by atoms with E-state index in [2.05, 4.69) is 41.2 Å². The zero-order chi connectivity index (χ0) is 11.5. The van der Waals surface area contributed by atoms with E-state index < -0.39 is 0 Å². The molecule has 1 aliphatic rings. The summed E-state index contributed by atoms with van der Waals surface area (Å²) in [5, 5.41) is 3.50. The predicted molar refractivity (Wildman–Crippen MR) is 71.2 cm³/mol. The highest BCUT2D eigenvalue weighted by atomic mass is 32.2. The van der Waals surface area contributed by atoms with Crippen LogP contribution in [0.5, 0.6) is 0 Å². The van der Waals surface area contributed by atoms with Crippen molar-refractivity contribution < 1.29 is 0 Å². The third-order valence-corrected chi connectivity index (χ3v) is 3.67. The minimum atomic E-state index is 0.677. The van der Waals surface area contributed by atoms with Crippen LogP contribution in [0.2, 0.25) is 0 Å². The molecule has 4 heteroatoms. The molecule has 1 saturated carbocycles. The summed E-state index contributed by atoms with van der Waals surface area (Å²) in [4.78, 5) is 4.55. The topological polar surface area (TPSA) is 29.9 Å². The first-order valence-electron chi connectivity index (χ1n) is 5.98. The summed E-state index contributed by atoms with van der Waals surface area (Å²) < 4.78 is 2.27. The van der Waals surface area contributed by atoms with Gasteiger partial charge in [0, 0.05) is 18.8 Å². The Kier molecular flexibility index (Phi) is 3.79. The van der Waals surface area contributed by atoms with Crippen LogP contribution in [0.3, 0.4) is 0 Å². The van der Waals surface area contributed by atoms with Crippen molar-refractivity contribution in [2.75, 3.05) is 17.3 Å². The molecule has 1 fully saturated rings. The van der Waals surface area contributed by atoms with Crippen LogP contribution in [-0.4, -0.2) is 27.6 Å². The maximum absolute atomic E-state index is 4.55. The molecule has 16 heavy (non-hydrogen) atoms. The first-order chi connectivity index (χ1) is 7.69. The van der Waals surface area contributed by atoms with Crippen LogP contribution in [0.25, 0.3) is 0 Å². The number of hydrogen-bond acceptors (Lipinski definition) is 3. The van der Waals surface area contributed by atoms with E-state index in [9.17, 15) is 0 Å². The number of aromatic nitrogens is 2. The molecule has 0 bridgehead atoms. The van der Waals surface area contributed by atoms with Crippen molar-refractivity contribution in [2.45, 2.75) is 39.3 Å². The molecule has 0 spiro atoms. The first kappa shape index (κ1) is 11.8. The molecule has 1 N–H and O–H groups in total. The molecule has 0 saturated heterocycles. The van der Waals surface area contributed by atoms with E-state index in [1.165, 1.54) is 18.6 Å². The van der Waals surface area contributed by atoms with Crippen molar-refractivity contribution in [3.63, 3.8) is 0 Å². The number of imidazole rings is 1. The van der Waals surface area contributed by atoms with Gasteiger partial charge in [-0.25, -0.2) is 4.98 Å². The van der Waals surface area contributed by atoms with Gasteiger partial charge in [0.05, 0.1) is 5.69 Å². The number of nitrogens with zero attached hydrogens (tertiary/aromatic N) is 2. The van der Waals surface area contributed by atoms with Gasteiger partial charge in [0.25, 0.3) is 0 Å². The molecule has 1 aromatic rings. The average molecular weight is 239 g/mol. The lowest BCUT2D eigenvalue weighted by Crippen LogP contribution is -2.14. The SMILES string of the molecule is CSCC(C)Cn1cc(C)nc1NC1CC1. The Bertz CT molecular complexity index is 344. The Labute approximate surface area is 102 Å². The first-order valence-corrected chi connectivity index (χ1v) is 7.37. The third kappa shape index (κ3) is 3.17. The van der Waals surface area contributed by atoms with Crippen LogP contribution in [0.1, 0.15) is 25.5 Å². The molecule has 1 heterocycles. The average Bonchev–Trinajstić information content (AvgIpc) is 2.94. The quantitative estimate of drug-likeness (QED) is 0.828. The summed E-state index contributed by atoms with van der Waals surface area (Å²) in [6, 6.07) is 0.677. The monoisotopic (exact) mass is 239 g/mol. The van der Waals surface area contributed by atoms with E-state index in [1.807, 2.05) is 11.8 Å². The summed E-state index contributed by atoms with van der Waals surface area (Å²) in [6.07, 6.45) is 6.92. The van der Waals surface area contributed by atoms with E-state index in [0.29, 0.717) is 12.0 Å². The Balaban J connectivity index is 1.99. The molecule has 90 valence electrons. The molecule has 1 aliphatic carbocycles. The fourth-order valence-electron chi connectivity index (χ4n) is 1.88. The Hall–Kier alpha value is -0.640. The molecule has 0 aliphatic heterocycles. The highest BCUT2D eigenvalue weighted by Crippen LogP contribution is 2.24. The summed E-state index contributed by atoms with van der Waals surface area (Å²) in [6.45, 7) is 5.43. The second-order valence-corrected chi connectivity index (χ2v) is 5.75. The smallest absolute Gasteiger partial charge is 0.203 e. The van der Waals surface area contributed by atoms with Crippen LogP contribution < -0.4 is 5.32 Å². The normalized spacial score (nSPS) is 17.4.